The Labute approximate surface area is 208 Å². The van der Waals surface area contributed by atoms with Crippen LogP contribution in [0.1, 0.15) is 21.5 Å². The van der Waals surface area contributed by atoms with Crippen molar-refractivity contribution in [3.05, 3.63) is 108 Å². The third kappa shape index (κ3) is 3.42. The Morgan fingerprint density at radius 3 is 2.14 bits per heavy atom. The summed E-state index contributed by atoms with van der Waals surface area (Å²) in [6.07, 6.45) is 1.12. The molecule has 0 saturated carbocycles. The lowest BCUT2D eigenvalue weighted by Gasteiger charge is -2.20. The number of carboxylic acid groups (broad SMARTS) is 1. The molecule has 0 heterocycles. The molecule has 0 bridgehead atoms. The van der Waals surface area contributed by atoms with Gasteiger partial charge >= 0.3 is 5.97 Å². The summed E-state index contributed by atoms with van der Waals surface area (Å²) in [5, 5.41) is 28.1. The average molecular weight is 473 g/mol. The average Bonchev–Trinajstić information content (AvgIpc) is 2.90. The second-order valence-electron chi connectivity index (χ2n) is 9.10. The zero-order valence-electron chi connectivity index (χ0n) is 19.8. The highest BCUT2D eigenvalue weighted by Gasteiger charge is 2.26. The maximum absolute atomic E-state index is 12.5. The predicted octanol–water partition coefficient (Wildman–Crippen LogP) is 7.45. The predicted molar refractivity (Wildman–Crippen MR) is 145 cm³/mol. The minimum atomic E-state index is -1.08. The van der Waals surface area contributed by atoms with Gasteiger partial charge in [0.15, 0.2) is 0 Å². The number of rotatable bonds is 6. The van der Waals surface area contributed by atoms with Gasteiger partial charge in [0.2, 0.25) is 0 Å². The van der Waals surface area contributed by atoms with E-state index in [2.05, 4.69) is 30.3 Å². The van der Waals surface area contributed by atoms with E-state index >= 15 is 0 Å². The van der Waals surface area contributed by atoms with Crippen LogP contribution in [0.3, 0.4) is 0 Å². The summed E-state index contributed by atoms with van der Waals surface area (Å²) >= 11 is 0. The first kappa shape index (κ1) is 21.9. The number of aromatic hydroxyl groups is 1. The number of aromatic carboxylic acids is 1. The van der Waals surface area contributed by atoms with Gasteiger partial charge in [-0.15, -0.1) is 0 Å². The zero-order chi connectivity index (χ0) is 24.8. The van der Waals surface area contributed by atoms with Crippen molar-refractivity contribution in [1.29, 1.82) is 0 Å². The minimum Gasteiger partial charge on any atom is -0.507 e. The Bertz CT molecular complexity index is 1740. The van der Waals surface area contributed by atoms with E-state index in [0.717, 1.165) is 43.4 Å². The molecular weight excluding hydrogens is 448 g/mol. The number of phenolic OH excluding ortho intramolecular Hbond substituents is 1. The fourth-order valence-electron chi connectivity index (χ4n) is 5.47. The lowest BCUT2D eigenvalue weighted by Crippen LogP contribution is -2.08. The van der Waals surface area contributed by atoms with Gasteiger partial charge in [0.1, 0.15) is 17.1 Å². The van der Waals surface area contributed by atoms with Crippen LogP contribution in [0.25, 0.3) is 43.4 Å². The second kappa shape index (κ2) is 8.58. The van der Waals surface area contributed by atoms with Crippen LogP contribution in [0.2, 0.25) is 0 Å². The normalized spacial score (nSPS) is 11.5. The monoisotopic (exact) mass is 472 g/mol. The van der Waals surface area contributed by atoms with Gasteiger partial charge < -0.3 is 14.9 Å². The van der Waals surface area contributed by atoms with Crippen LogP contribution in [0, 0.1) is 0 Å². The quantitative estimate of drug-likeness (QED) is 0.247. The summed E-state index contributed by atoms with van der Waals surface area (Å²) in [6, 6.07) is 30.0. The third-order valence-electron chi connectivity index (χ3n) is 7.08. The lowest BCUT2D eigenvalue weighted by molar-refractivity contribution is 0.0692. The first-order chi connectivity index (χ1) is 17.6. The van der Waals surface area contributed by atoms with Crippen molar-refractivity contribution < 1.29 is 19.7 Å². The van der Waals surface area contributed by atoms with Crippen molar-refractivity contribution in [2.45, 2.75) is 12.8 Å². The molecule has 0 spiro atoms. The molecule has 0 amide bonds. The molecule has 4 heteroatoms. The Morgan fingerprint density at radius 1 is 0.778 bits per heavy atom. The SMILES string of the molecule is COc1c(C(=O)O)c(CCc2ccccc2)cc(O)c1-c1ccc2ccc3cccc4ccc1c2c34. The molecule has 6 aromatic carbocycles. The number of carbonyl (C=O) groups is 1. The summed E-state index contributed by atoms with van der Waals surface area (Å²) in [5.41, 5.74) is 2.88. The first-order valence-corrected chi connectivity index (χ1v) is 11.9. The highest BCUT2D eigenvalue weighted by atomic mass is 16.5. The van der Waals surface area contributed by atoms with Crippen LogP contribution in [-0.4, -0.2) is 23.3 Å². The van der Waals surface area contributed by atoms with E-state index in [1.54, 1.807) is 6.07 Å². The van der Waals surface area contributed by atoms with Gasteiger partial charge in [-0.2, -0.15) is 0 Å². The highest BCUT2D eigenvalue weighted by molar-refractivity contribution is 6.25. The van der Waals surface area contributed by atoms with Crippen molar-refractivity contribution in [1.82, 2.24) is 0 Å². The molecule has 0 atom stereocenters. The summed E-state index contributed by atoms with van der Waals surface area (Å²) in [7, 11) is 1.46. The molecule has 0 aromatic heterocycles. The summed E-state index contributed by atoms with van der Waals surface area (Å²) < 4.78 is 5.72. The first-order valence-electron chi connectivity index (χ1n) is 11.9. The fraction of sp³-hybridized carbons (Fsp3) is 0.0938. The van der Waals surface area contributed by atoms with Gasteiger partial charge in [0.05, 0.1) is 12.7 Å². The number of methoxy groups -OCH3 is 1. The standard InChI is InChI=1S/C32H24O4/c1-36-31-29(32(34)35)23(11-10-19-6-3-2-4-7-19)18-26(33)30(31)25-17-15-22-13-12-20-8-5-9-21-14-16-24(25)28(22)27(20)21/h2-9,12-18,33H,10-11H2,1H3,(H,34,35). The molecule has 6 aromatic rings. The molecule has 2 N–H and O–H groups in total. The van der Waals surface area contributed by atoms with E-state index in [4.69, 9.17) is 4.74 Å². The number of phenols is 1. The molecule has 0 fully saturated rings. The number of hydrogen-bond donors (Lipinski definition) is 2. The van der Waals surface area contributed by atoms with Crippen LogP contribution in [-0.2, 0) is 12.8 Å². The van der Waals surface area contributed by atoms with E-state index in [1.165, 1.54) is 7.11 Å². The van der Waals surface area contributed by atoms with Gasteiger partial charge in [0.25, 0.3) is 0 Å². The van der Waals surface area contributed by atoms with Crippen LogP contribution >= 0.6 is 0 Å². The molecule has 36 heavy (non-hydrogen) atoms. The molecule has 0 aliphatic carbocycles. The fourth-order valence-corrected chi connectivity index (χ4v) is 5.47. The Morgan fingerprint density at radius 2 is 1.44 bits per heavy atom. The number of benzene rings is 6. The third-order valence-corrected chi connectivity index (χ3v) is 7.08. The van der Waals surface area contributed by atoms with Crippen molar-refractivity contribution in [2.75, 3.05) is 7.11 Å². The van der Waals surface area contributed by atoms with Crippen molar-refractivity contribution in [3.63, 3.8) is 0 Å². The van der Waals surface area contributed by atoms with Gasteiger partial charge in [-0.1, -0.05) is 84.9 Å². The Balaban J connectivity index is 1.59. The number of hydrogen-bond acceptors (Lipinski definition) is 3. The van der Waals surface area contributed by atoms with Crippen LogP contribution < -0.4 is 4.74 Å². The smallest absolute Gasteiger partial charge is 0.339 e. The zero-order valence-corrected chi connectivity index (χ0v) is 19.8. The lowest BCUT2D eigenvalue weighted by atomic mass is 9.87. The van der Waals surface area contributed by atoms with Crippen molar-refractivity contribution in [2.24, 2.45) is 0 Å². The molecule has 0 radical (unpaired) electrons. The van der Waals surface area contributed by atoms with Crippen LogP contribution in [0.5, 0.6) is 11.5 Å². The minimum absolute atomic E-state index is 0.00921. The van der Waals surface area contributed by atoms with Gasteiger partial charge in [-0.3, -0.25) is 0 Å². The largest absolute Gasteiger partial charge is 0.507 e. The molecule has 0 unspecified atom stereocenters. The van der Waals surface area contributed by atoms with Gasteiger partial charge in [-0.25, -0.2) is 4.79 Å². The molecular formula is C32H24O4. The topological polar surface area (TPSA) is 66.8 Å². The van der Waals surface area contributed by atoms with E-state index in [9.17, 15) is 15.0 Å². The Kier molecular flexibility index (Phi) is 5.23. The molecule has 4 nitrogen and oxygen atoms in total. The van der Waals surface area contributed by atoms with Gasteiger partial charge in [-0.05, 0) is 67.9 Å². The van der Waals surface area contributed by atoms with Crippen LogP contribution in [0.15, 0.2) is 91.0 Å². The highest BCUT2D eigenvalue weighted by Crippen LogP contribution is 2.47. The maximum atomic E-state index is 12.5. The molecule has 0 saturated heterocycles. The summed E-state index contributed by atoms with van der Waals surface area (Å²) in [5.74, 6) is -0.885. The number of ether oxygens (including phenoxy) is 1. The van der Waals surface area contributed by atoms with Crippen molar-refractivity contribution in [3.8, 4) is 22.6 Å². The van der Waals surface area contributed by atoms with E-state index in [-0.39, 0.29) is 17.1 Å². The molecule has 0 aliphatic heterocycles. The van der Waals surface area contributed by atoms with E-state index in [1.807, 2.05) is 54.6 Å². The number of carboxylic acids is 1. The molecule has 0 aliphatic rings. The van der Waals surface area contributed by atoms with E-state index < -0.39 is 5.97 Å². The van der Waals surface area contributed by atoms with E-state index in [0.29, 0.717) is 24.0 Å². The van der Waals surface area contributed by atoms with Crippen molar-refractivity contribution >= 4 is 38.3 Å². The Hall–Kier alpha value is -4.57. The van der Waals surface area contributed by atoms with Gasteiger partial charge in [0, 0.05) is 0 Å². The second-order valence-corrected chi connectivity index (χ2v) is 9.10. The molecule has 6 rings (SSSR count). The summed E-state index contributed by atoms with van der Waals surface area (Å²) in [4.78, 5) is 12.5. The van der Waals surface area contributed by atoms with Crippen LogP contribution in [0.4, 0.5) is 0 Å². The molecule has 176 valence electrons. The summed E-state index contributed by atoms with van der Waals surface area (Å²) in [6.45, 7) is 0. The maximum Gasteiger partial charge on any atom is 0.339 e. The number of aryl methyl sites for hydroxylation is 2.